The summed E-state index contributed by atoms with van der Waals surface area (Å²) in [7, 11) is 0. The summed E-state index contributed by atoms with van der Waals surface area (Å²) in [5.74, 6) is 0.930. The van der Waals surface area contributed by atoms with E-state index in [0.29, 0.717) is 0 Å². The molecule has 0 bridgehead atoms. The number of rotatable bonds is 2. The largest absolute Gasteiger partial charge is 0.389 e. The third-order valence-corrected chi connectivity index (χ3v) is 3.04. The summed E-state index contributed by atoms with van der Waals surface area (Å²) in [5.41, 5.74) is 1.48. The van der Waals surface area contributed by atoms with Crippen molar-refractivity contribution in [2.75, 3.05) is 0 Å². The molecule has 0 radical (unpaired) electrons. The van der Waals surface area contributed by atoms with E-state index in [9.17, 15) is 5.11 Å². The second-order valence-electron chi connectivity index (χ2n) is 4.27. The first-order valence-electron chi connectivity index (χ1n) is 5.60. The van der Waals surface area contributed by atoms with Crippen molar-refractivity contribution < 1.29 is 5.11 Å². The molecule has 1 aliphatic rings. The molecule has 2 atom stereocenters. The predicted octanol–water partition coefficient (Wildman–Crippen LogP) is 3.28. The van der Waals surface area contributed by atoms with Crippen LogP contribution in [0.4, 0.5) is 0 Å². The molecule has 0 aromatic heterocycles. The van der Waals surface area contributed by atoms with Gasteiger partial charge in [0.2, 0.25) is 0 Å². The Bertz CT molecular complexity index is 170. The fraction of sp³-hybridized carbons (Fsp3) is 0.833. The average molecular weight is 182 g/mol. The summed E-state index contributed by atoms with van der Waals surface area (Å²) in [6.45, 7) is 4.13. The van der Waals surface area contributed by atoms with Crippen LogP contribution in [-0.4, -0.2) is 11.2 Å². The first-order valence-corrected chi connectivity index (χ1v) is 5.60. The van der Waals surface area contributed by atoms with Crippen LogP contribution in [0.3, 0.4) is 0 Å². The fourth-order valence-electron chi connectivity index (χ4n) is 2.19. The molecule has 0 aromatic rings. The lowest BCUT2D eigenvalue weighted by molar-refractivity contribution is 0.242. The normalized spacial score (nSPS) is 30.1. The van der Waals surface area contributed by atoms with Gasteiger partial charge < -0.3 is 5.11 Å². The maximum absolute atomic E-state index is 9.24. The van der Waals surface area contributed by atoms with Crippen molar-refractivity contribution in [1.82, 2.24) is 0 Å². The highest BCUT2D eigenvalue weighted by Gasteiger charge is 2.12. The smallest absolute Gasteiger partial charge is 0.0695 e. The molecule has 76 valence electrons. The summed E-state index contributed by atoms with van der Waals surface area (Å²) in [4.78, 5) is 0. The molecule has 1 heteroatoms. The monoisotopic (exact) mass is 182 g/mol. The van der Waals surface area contributed by atoms with Crippen LogP contribution in [0.15, 0.2) is 11.6 Å². The van der Waals surface area contributed by atoms with Crippen LogP contribution in [-0.2, 0) is 0 Å². The average Bonchev–Trinajstić information content (AvgIpc) is 2.29. The summed E-state index contributed by atoms with van der Waals surface area (Å²) >= 11 is 0. The Morgan fingerprint density at radius 2 is 2.23 bits per heavy atom. The van der Waals surface area contributed by atoms with E-state index in [2.05, 4.69) is 6.92 Å². The van der Waals surface area contributed by atoms with Gasteiger partial charge in [0.25, 0.3) is 0 Å². The molecule has 1 aliphatic carbocycles. The first kappa shape index (κ1) is 10.8. The highest BCUT2D eigenvalue weighted by Crippen LogP contribution is 2.28. The standard InChI is InChI=1S/C12H22O/c1-3-11-5-4-6-12(8-7-11)9-10(2)13/h9-11,13H,3-8H2,1-2H3/b12-9-. The quantitative estimate of drug-likeness (QED) is 0.513. The van der Waals surface area contributed by atoms with E-state index in [-0.39, 0.29) is 6.10 Å². The predicted molar refractivity (Wildman–Crippen MR) is 56.6 cm³/mol. The van der Waals surface area contributed by atoms with Gasteiger partial charge in [-0.2, -0.15) is 0 Å². The number of hydrogen-bond donors (Lipinski definition) is 1. The molecule has 0 saturated heterocycles. The molecular formula is C12H22O. The molecular weight excluding hydrogens is 160 g/mol. The number of allylic oxidation sites excluding steroid dienone is 1. The van der Waals surface area contributed by atoms with Crippen LogP contribution in [0, 0.1) is 5.92 Å². The van der Waals surface area contributed by atoms with E-state index in [1.54, 1.807) is 0 Å². The number of aliphatic hydroxyl groups excluding tert-OH is 1. The third kappa shape index (κ3) is 3.95. The van der Waals surface area contributed by atoms with E-state index >= 15 is 0 Å². The van der Waals surface area contributed by atoms with Gasteiger partial charge >= 0.3 is 0 Å². The van der Waals surface area contributed by atoms with Crippen LogP contribution in [0.2, 0.25) is 0 Å². The molecule has 0 aliphatic heterocycles. The van der Waals surface area contributed by atoms with Gasteiger partial charge in [-0.3, -0.25) is 0 Å². The Morgan fingerprint density at radius 1 is 1.46 bits per heavy atom. The molecule has 0 amide bonds. The van der Waals surface area contributed by atoms with Crippen molar-refractivity contribution in [3.05, 3.63) is 11.6 Å². The molecule has 1 nitrogen and oxygen atoms in total. The minimum absolute atomic E-state index is 0.256. The molecule has 1 N–H and O–H groups in total. The summed E-state index contributed by atoms with van der Waals surface area (Å²) < 4.78 is 0. The summed E-state index contributed by atoms with van der Waals surface area (Å²) in [6, 6.07) is 0. The zero-order valence-electron chi connectivity index (χ0n) is 8.92. The Balaban J connectivity index is 2.44. The first-order chi connectivity index (χ1) is 6.22. The topological polar surface area (TPSA) is 20.2 Å². The van der Waals surface area contributed by atoms with Gasteiger partial charge in [-0.15, -0.1) is 0 Å². The van der Waals surface area contributed by atoms with Crippen molar-refractivity contribution in [3.63, 3.8) is 0 Å². The zero-order valence-corrected chi connectivity index (χ0v) is 8.92. The van der Waals surface area contributed by atoms with Crippen LogP contribution in [0.5, 0.6) is 0 Å². The molecule has 13 heavy (non-hydrogen) atoms. The van der Waals surface area contributed by atoms with Crippen molar-refractivity contribution >= 4 is 0 Å². The van der Waals surface area contributed by atoms with Gasteiger partial charge in [-0.25, -0.2) is 0 Å². The second-order valence-corrected chi connectivity index (χ2v) is 4.27. The van der Waals surface area contributed by atoms with E-state index in [1.807, 2.05) is 13.0 Å². The molecule has 1 saturated carbocycles. The lowest BCUT2D eigenvalue weighted by atomic mass is 9.97. The van der Waals surface area contributed by atoms with Crippen LogP contribution in [0.25, 0.3) is 0 Å². The van der Waals surface area contributed by atoms with E-state index in [0.717, 1.165) is 5.92 Å². The van der Waals surface area contributed by atoms with Crippen molar-refractivity contribution in [2.24, 2.45) is 5.92 Å². The maximum Gasteiger partial charge on any atom is 0.0695 e. The van der Waals surface area contributed by atoms with Crippen LogP contribution in [0.1, 0.15) is 52.4 Å². The number of aliphatic hydroxyl groups is 1. The van der Waals surface area contributed by atoms with Crippen LogP contribution < -0.4 is 0 Å². The van der Waals surface area contributed by atoms with Gasteiger partial charge in [0, 0.05) is 0 Å². The fourth-order valence-corrected chi connectivity index (χ4v) is 2.19. The molecule has 0 aromatic carbocycles. The van der Waals surface area contributed by atoms with E-state index in [4.69, 9.17) is 0 Å². The van der Waals surface area contributed by atoms with Crippen LogP contribution >= 0.6 is 0 Å². The Kier molecular flexibility index (Phi) is 4.51. The maximum atomic E-state index is 9.24. The molecule has 2 unspecified atom stereocenters. The third-order valence-electron chi connectivity index (χ3n) is 3.04. The molecule has 1 rings (SSSR count). The SMILES string of the molecule is CCC1CCC/C(=C/C(C)O)CC1. The Hall–Kier alpha value is -0.300. The summed E-state index contributed by atoms with van der Waals surface area (Å²) in [6.07, 6.45) is 9.55. The highest BCUT2D eigenvalue weighted by molar-refractivity contribution is 5.05. The molecule has 0 spiro atoms. The van der Waals surface area contributed by atoms with Gasteiger partial charge in [-0.05, 0) is 38.5 Å². The molecule has 1 fully saturated rings. The minimum atomic E-state index is -0.256. The molecule has 0 heterocycles. The Morgan fingerprint density at radius 3 is 2.85 bits per heavy atom. The van der Waals surface area contributed by atoms with Crippen molar-refractivity contribution in [3.8, 4) is 0 Å². The minimum Gasteiger partial charge on any atom is -0.389 e. The highest BCUT2D eigenvalue weighted by atomic mass is 16.3. The van der Waals surface area contributed by atoms with Gasteiger partial charge in [0.1, 0.15) is 0 Å². The van der Waals surface area contributed by atoms with E-state index in [1.165, 1.54) is 44.1 Å². The summed E-state index contributed by atoms with van der Waals surface area (Å²) in [5, 5.41) is 9.24. The number of hydrogen-bond acceptors (Lipinski definition) is 1. The van der Waals surface area contributed by atoms with Gasteiger partial charge in [-0.1, -0.05) is 31.4 Å². The lowest BCUT2D eigenvalue weighted by Crippen LogP contribution is -1.97. The van der Waals surface area contributed by atoms with Crippen molar-refractivity contribution in [1.29, 1.82) is 0 Å². The Labute approximate surface area is 81.9 Å². The van der Waals surface area contributed by atoms with Crippen molar-refractivity contribution in [2.45, 2.75) is 58.5 Å². The van der Waals surface area contributed by atoms with Gasteiger partial charge in [0.15, 0.2) is 0 Å². The zero-order chi connectivity index (χ0) is 9.68. The van der Waals surface area contributed by atoms with Gasteiger partial charge in [0.05, 0.1) is 6.10 Å². The van der Waals surface area contributed by atoms with E-state index < -0.39 is 0 Å². The second kappa shape index (κ2) is 5.43. The lowest BCUT2D eigenvalue weighted by Gasteiger charge is -2.09.